The van der Waals surface area contributed by atoms with Gasteiger partial charge >= 0.3 is 0 Å². The second-order valence-electron chi connectivity index (χ2n) is 6.76. The number of hydrogen-bond acceptors (Lipinski definition) is 4. The van der Waals surface area contributed by atoms with Gasteiger partial charge in [-0.2, -0.15) is 0 Å². The molecule has 1 aliphatic rings. The van der Waals surface area contributed by atoms with E-state index in [9.17, 15) is 4.79 Å². The molecule has 5 heteroatoms. The number of likely N-dealkylation sites (tertiary alicyclic amines) is 1. The maximum absolute atomic E-state index is 12.8. The van der Waals surface area contributed by atoms with Crippen molar-refractivity contribution in [2.24, 2.45) is 5.73 Å². The number of nitrogens with two attached hydrogens (primary N) is 1. The zero-order chi connectivity index (χ0) is 17.1. The van der Waals surface area contributed by atoms with Gasteiger partial charge in [-0.05, 0) is 36.5 Å². The van der Waals surface area contributed by atoms with Crippen LogP contribution in [0, 0.1) is 0 Å². The van der Waals surface area contributed by atoms with E-state index in [1.807, 2.05) is 29.2 Å². The standard InChI is InChI=1S/C19H25N3OS/c1-13(2)17-12-24-18(21-17)16-4-3-9-22(11-16)19(23)15-7-5-14(10-20)6-8-15/h5-8,12-13,16H,3-4,9-11,20H2,1-2H3. The van der Waals surface area contributed by atoms with Crippen LogP contribution in [0.4, 0.5) is 0 Å². The van der Waals surface area contributed by atoms with Gasteiger partial charge < -0.3 is 10.6 Å². The van der Waals surface area contributed by atoms with Gasteiger partial charge in [-0.3, -0.25) is 4.79 Å². The first-order valence-electron chi connectivity index (χ1n) is 8.62. The lowest BCUT2D eigenvalue weighted by Gasteiger charge is -2.32. The molecule has 0 bridgehead atoms. The summed E-state index contributed by atoms with van der Waals surface area (Å²) in [7, 11) is 0. The van der Waals surface area contributed by atoms with Gasteiger partial charge in [0.2, 0.25) is 0 Å². The van der Waals surface area contributed by atoms with Crippen molar-refractivity contribution < 1.29 is 4.79 Å². The topological polar surface area (TPSA) is 59.2 Å². The summed E-state index contributed by atoms with van der Waals surface area (Å²) in [5.41, 5.74) is 8.58. The maximum atomic E-state index is 12.8. The second kappa shape index (κ2) is 7.45. The second-order valence-corrected chi connectivity index (χ2v) is 7.65. The van der Waals surface area contributed by atoms with E-state index in [2.05, 4.69) is 19.2 Å². The lowest BCUT2D eigenvalue weighted by atomic mass is 9.97. The van der Waals surface area contributed by atoms with Gasteiger partial charge in [0, 0.05) is 36.5 Å². The molecule has 1 atom stereocenters. The molecule has 128 valence electrons. The van der Waals surface area contributed by atoms with Crippen LogP contribution >= 0.6 is 11.3 Å². The van der Waals surface area contributed by atoms with Crippen molar-refractivity contribution in [3.8, 4) is 0 Å². The number of carbonyl (C=O) groups excluding carboxylic acids is 1. The number of thiazole rings is 1. The maximum Gasteiger partial charge on any atom is 0.253 e. The Bertz CT molecular complexity index is 693. The van der Waals surface area contributed by atoms with Gasteiger partial charge in [-0.25, -0.2) is 4.98 Å². The van der Waals surface area contributed by atoms with Crippen LogP contribution < -0.4 is 5.73 Å². The van der Waals surface area contributed by atoms with Crippen LogP contribution in [0.15, 0.2) is 29.6 Å². The third-order valence-electron chi connectivity index (χ3n) is 4.63. The predicted molar refractivity (Wildman–Crippen MR) is 98.4 cm³/mol. The summed E-state index contributed by atoms with van der Waals surface area (Å²) in [5.74, 6) is 0.935. The molecule has 4 nitrogen and oxygen atoms in total. The van der Waals surface area contributed by atoms with Crippen LogP contribution in [-0.2, 0) is 6.54 Å². The van der Waals surface area contributed by atoms with E-state index in [0.717, 1.165) is 42.8 Å². The van der Waals surface area contributed by atoms with Crippen LogP contribution in [0.5, 0.6) is 0 Å². The smallest absolute Gasteiger partial charge is 0.253 e. The van der Waals surface area contributed by atoms with Crippen LogP contribution in [0.3, 0.4) is 0 Å². The van der Waals surface area contributed by atoms with Gasteiger partial charge in [0.05, 0.1) is 10.7 Å². The molecule has 24 heavy (non-hydrogen) atoms. The normalized spacial score (nSPS) is 18.2. The van der Waals surface area contributed by atoms with E-state index in [0.29, 0.717) is 18.4 Å². The Hall–Kier alpha value is -1.72. The van der Waals surface area contributed by atoms with Crippen LogP contribution in [0.25, 0.3) is 0 Å². The van der Waals surface area contributed by atoms with E-state index >= 15 is 0 Å². The molecule has 2 aromatic rings. The Balaban J connectivity index is 1.70. The van der Waals surface area contributed by atoms with E-state index in [1.54, 1.807) is 11.3 Å². The predicted octanol–water partition coefficient (Wildman–Crippen LogP) is 3.75. The number of piperidine rings is 1. The molecule has 0 saturated carbocycles. The highest BCUT2D eigenvalue weighted by Gasteiger charge is 2.27. The first-order valence-corrected chi connectivity index (χ1v) is 9.50. The Morgan fingerprint density at radius 3 is 2.75 bits per heavy atom. The number of rotatable bonds is 4. The SMILES string of the molecule is CC(C)c1csc(C2CCCN(C(=O)c3ccc(CN)cc3)C2)n1. The number of benzene rings is 1. The van der Waals surface area contributed by atoms with E-state index < -0.39 is 0 Å². The fourth-order valence-corrected chi connectivity index (χ4v) is 4.19. The zero-order valence-corrected chi connectivity index (χ0v) is 15.2. The molecule has 2 heterocycles. The van der Waals surface area contributed by atoms with Gasteiger partial charge in [-0.15, -0.1) is 11.3 Å². The highest BCUT2D eigenvalue weighted by atomic mass is 32.1. The van der Waals surface area contributed by atoms with Crippen molar-refractivity contribution in [3.63, 3.8) is 0 Å². The first kappa shape index (κ1) is 17.1. The molecule has 1 aliphatic heterocycles. The Kier molecular flexibility index (Phi) is 5.31. The molecule has 1 fully saturated rings. The monoisotopic (exact) mass is 343 g/mol. The molecule has 1 amide bonds. The highest BCUT2D eigenvalue weighted by Crippen LogP contribution is 2.31. The van der Waals surface area contributed by atoms with Crippen molar-refractivity contribution in [2.75, 3.05) is 13.1 Å². The van der Waals surface area contributed by atoms with Crippen molar-refractivity contribution in [3.05, 3.63) is 51.5 Å². The summed E-state index contributed by atoms with van der Waals surface area (Å²) in [4.78, 5) is 19.5. The average molecular weight is 343 g/mol. The summed E-state index contributed by atoms with van der Waals surface area (Å²) in [6, 6.07) is 7.64. The minimum Gasteiger partial charge on any atom is -0.338 e. The third-order valence-corrected chi connectivity index (χ3v) is 5.65. The highest BCUT2D eigenvalue weighted by molar-refractivity contribution is 7.09. The fourth-order valence-electron chi connectivity index (χ4n) is 3.08. The summed E-state index contributed by atoms with van der Waals surface area (Å²) in [6.45, 7) is 6.43. The molecule has 1 aromatic carbocycles. The number of nitrogens with zero attached hydrogens (tertiary/aromatic N) is 2. The van der Waals surface area contributed by atoms with E-state index in [1.165, 1.54) is 5.01 Å². The third kappa shape index (κ3) is 3.68. The Morgan fingerprint density at radius 2 is 2.12 bits per heavy atom. The van der Waals surface area contributed by atoms with Crippen LogP contribution in [0.1, 0.15) is 65.1 Å². The van der Waals surface area contributed by atoms with E-state index in [-0.39, 0.29) is 5.91 Å². The minimum absolute atomic E-state index is 0.115. The minimum atomic E-state index is 0.115. The molecule has 0 radical (unpaired) electrons. The zero-order valence-electron chi connectivity index (χ0n) is 14.4. The van der Waals surface area contributed by atoms with Gasteiger partial charge in [-0.1, -0.05) is 26.0 Å². The molecule has 1 saturated heterocycles. The van der Waals surface area contributed by atoms with Crippen molar-refractivity contribution in [2.45, 2.75) is 45.1 Å². The Morgan fingerprint density at radius 1 is 1.38 bits per heavy atom. The lowest BCUT2D eigenvalue weighted by Crippen LogP contribution is -2.39. The van der Waals surface area contributed by atoms with Crippen molar-refractivity contribution in [1.29, 1.82) is 0 Å². The quantitative estimate of drug-likeness (QED) is 0.920. The summed E-state index contributed by atoms with van der Waals surface area (Å²) in [5, 5.41) is 3.33. The average Bonchev–Trinajstić information content (AvgIpc) is 3.12. The number of aromatic nitrogens is 1. The number of carbonyl (C=O) groups is 1. The lowest BCUT2D eigenvalue weighted by molar-refractivity contribution is 0.0707. The van der Waals surface area contributed by atoms with Crippen LogP contribution in [-0.4, -0.2) is 28.9 Å². The number of hydrogen-bond donors (Lipinski definition) is 1. The van der Waals surface area contributed by atoms with Gasteiger partial charge in [0.15, 0.2) is 0 Å². The van der Waals surface area contributed by atoms with Crippen LogP contribution in [0.2, 0.25) is 0 Å². The van der Waals surface area contributed by atoms with Gasteiger partial charge in [0.1, 0.15) is 0 Å². The Labute approximate surface area is 147 Å². The van der Waals surface area contributed by atoms with E-state index in [4.69, 9.17) is 10.7 Å². The van der Waals surface area contributed by atoms with Gasteiger partial charge in [0.25, 0.3) is 5.91 Å². The molecule has 0 spiro atoms. The molecule has 3 rings (SSSR count). The first-order chi connectivity index (χ1) is 11.6. The number of amides is 1. The molecule has 1 aromatic heterocycles. The van der Waals surface area contributed by atoms with Crippen molar-refractivity contribution >= 4 is 17.2 Å². The summed E-state index contributed by atoms with van der Waals surface area (Å²) < 4.78 is 0. The molecule has 2 N–H and O–H groups in total. The molecule has 1 unspecified atom stereocenters. The van der Waals surface area contributed by atoms with Crippen molar-refractivity contribution in [1.82, 2.24) is 9.88 Å². The summed E-state index contributed by atoms with van der Waals surface area (Å²) >= 11 is 1.74. The fraction of sp³-hybridized carbons (Fsp3) is 0.474. The molecular formula is C19H25N3OS. The molecule has 0 aliphatic carbocycles. The summed E-state index contributed by atoms with van der Waals surface area (Å²) in [6.07, 6.45) is 2.15. The largest absolute Gasteiger partial charge is 0.338 e. The molecular weight excluding hydrogens is 318 g/mol.